The minimum Gasteiger partial charge on any atom is -0.428 e. The summed E-state index contributed by atoms with van der Waals surface area (Å²) < 4.78 is 53.1. The van der Waals surface area contributed by atoms with Gasteiger partial charge in [-0.25, -0.2) is 0 Å². The number of anilines is 1. The third-order valence-corrected chi connectivity index (χ3v) is 1.85. The van der Waals surface area contributed by atoms with E-state index in [-0.39, 0.29) is 5.69 Å². The monoisotopic (exact) mass is 286 g/mol. The SMILES string of the molecule is N#CC(C#N)=NNc1cccc(OC(F)(F)C(F)F)c1. The Hall–Kier alpha value is -2.81. The van der Waals surface area contributed by atoms with Gasteiger partial charge in [0.2, 0.25) is 5.71 Å². The lowest BCUT2D eigenvalue weighted by molar-refractivity contribution is -0.253. The van der Waals surface area contributed by atoms with Gasteiger partial charge in [-0.2, -0.15) is 33.2 Å². The van der Waals surface area contributed by atoms with E-state index < -0.39 is 24.0 Å². The zero-order valence-corrected chi connectivity index (χ0v) is 9.65. The first-order chi connectivity index (χ1) is 9.39. The van der Waals surface area contributed by atoms with Crippen LogP contribution in [0.5, 0.6) is 5.75 Å². The summed E-state index contributed by atoms with van der Waals surface area (Å²) in [5, 5.41) is 20.2. The smallest absolute Gasteiger partial charge is 0.428 e. The van der Waals surface area contributed by atoms with Gasteiger partial charge in [-0.3, -0.25) is 5.43 Å². The average Bonchev–Trinajstić information content (AvgIpc) is 2.39. The van der Waals surface area contributed by atoms with Crippen molar-refractivity contribution in [3.05, 3.63) is 24.3 Å². The fourth-order valence-electron chi connectivity index (χ4n) is 1.03. The van der Waals surface area contributed by atoms with E-state index in [1.165, 1.54) is 24.3 Å². The Morgan fingerprint density at radius 2 is 1.95 bits per heavy atom. The zero-order chi connectivity index (χ0) is 15.2. The molecule has 0 fully saturated rings. The van der Waals surface area contributed by atoms with Crippen molar-refractivity contribution in [2.24, 2.45) is 5.10 Å². The van der Waals surface area contributed by atoms with Gasteiger partial charge in [-0.15, -0.1) is 0 Å². The van der Waals surface area contributed by atoms with Gasteiger partial charge in [0, 0.05) is 6.07 Å². The first-order valence-corrected chi connectivity index (χ1v) is 4.98. The number of hydrogen-bond donors (Lipinski definition) is 1. The van der Waals surface area contributed by atoms with Crippen LogP contribution >= 0.6 is 0 Å². The standard InChI is InChI=1S/C11H6F4N4O/c12-10(13)11(14,15)20-9-3-1-2-7(4-9)18-19-8(5-16)6-17/h1-4,10,18H. The predicted octanol–water partition coefficient (Wildman–Crippen LogP) is 2.74. The number of ether oxygens (including phenoxy) is 1. The minimum absolute atomic E-state index is 0.0792. The van der Waals surface area contributed by atoms with Crippen LogP contribution in [-0.4, -0.2) is 18.2 Å². The number of hydrogen-bond acceptors (Lipinski definition) is 5. The van der Waals surface area contributed by atoms with Crippen molar-refractivity contribution in [1.82, 2.24) is 0 Å². The van der Waals surface area contributed by atoms with E-state index in [9.17, 15) is 17.6 Å². The highest BCUT2D eigenvalue weighted by atomic mass is 19.3. The maximum absolute atomic E-state index is 12.7. The zero-order valence-electron chi connectivity index (χ0n) is 9.65. The molecule has 1 aromatic rings. The molecule has 0 amide bonds. The van der Waals surface area contributed by atoms with Crippen molar-refractivity contribution < 1.29 is 22.3 Å². The molecule has 20 heavy (non-hydrogen) atoms. The summed E-state index contributed by atoms with van der Waals surface area (Å²) in [6, 6.07) is 7.53. The first-order valence-electron chi connectivity index (χ1n) is 4.98. The second-order valence-electron chi connectivity index (χ2n) is 3.29. The maximum Gasteiger partial charge on any atom is 0.461 e. The highest BCUT2D eigenvalue weighted by Gasteiger charge is 2.43. The molecule has 1 aromatic carbocycles. The largest absolute Gasteiger partial charge is 0.461 e. The first kappa shape index (κ1) is 15.2. The Kier molecular flexibility index (Phi) is 4.87. The second kappa shape index (κ2) is 6.38. The summed E-state index contributed by atoms with van der Waals surface area (Å²) in [5.74, 6) is -0.522. The molecule has 0 radical (unpaired) electrons. The molecule has 5 nitrogen and oxygen atoms in total. The molecule has 0 aromatic heterocycles. The van der Waals surface area contributed by atoms with Gasteiger partial charge in [0.25, 0.3) is 0 Å². The normalized spacial score (nSPS) is 10.3. The van der Waals surface area contributed by atoms with Crippen LogP contribution in [0.15, 0.2) is 29.4 Å². The van der Waals surface area contributed by atoms with Crippen LogP contribution in [-0.2, 0) is 0 Å². The van der Waals surface area contributed by atoms with E-state index in [1.807, 2.05) is 0 Å². The van der Waals surface area contributed by atoms with Crippen LogP contribution < -0.4 is 10.2 Å². The Labute approximate surface area is 110 Å². The van der Waals surface area contributed by atoms with E-state index >= 15 is 0 Å². The van der Waals surface area contributed by atoms with Gasteiger partial charge < -0.3 is 4.74 Å². The summed E-state index contributed by atoms with van der Waals surface area (Å²) in [6.45, 7) is 0. The van der Waals surface area contributed by atoms with Gasteiger partial charge in [-0.05, 0) is 12.1 Å². The van der Waals surface area contributed by atoms with Gasteiger partial charge in [0.1, 0.15) is 17.9 Å². The number of nitrogens with one attached hydrogen (secondary N) is 1. The molecule has 0 aliphatic carbocycles. The van der Waals surface area contributed by atoms with Gasteiger partial charge >= 0.3 is 12.5 Å². The number of alkyl halides is 4. The minimum atomic E-state index is -4.62. The molecule has 0 saturated heterocycles. The molecule has 1 rings (SSSR count). The van der Waals surface area contributed by atoms with Crippen molar-refractivity contribution >= 4 is 11.4 Å². The number of rotatable bonds is 5. The second-order valence-corrected chi connectivity index (χ2v) is 3.29. The molecule has 0 aliphatic rings. The van der Waals surface area contributed by atoms with E-state index in [0.717, 1.165) is 12.1 Å². The molecule has 0 atom stereocenters. The molecule has 1 N–H and O–H groups in total. The predicted molar refractivity (Wildman–Crippen MR) is 60.3 cm³/mol. The Morgan fingerprint density at radius 1 is 1.30 bits per heavy atom. The molecule has 0 spiro atoms. The average molecular weight is 286 g/mol. The van der Waals surface area contributed by atoms with Crippen molar-refractivity contribution in [1.29, 1.82) is 10.5 Å². The highest BCUT2D eigenvalue weighted by molar-refractivity contribution is 6.10. The molecule has 104 valence electrons. The summed E-state index contributed by atoms with van der Waals surface area (Å²) >= 11 is 0. The Bertz CT molecular complexity index is 573. The molecule has 0 unspecified atom stereocenters. The van der Waals surface area contributed by atoms with Gasteiger partial charge in [0.15, 0.2) is 0 Å². The summed E-state index contributed by atoms with van der Waals surface area (Å²) in [5.41, 5.74) is 1.82. The van der Waals surface area contributed by atoms with Crippen LogP contribution in [0.4, 0.5) is 23.2 Å². The molecule has 0 aliphatic heterocycles. The van der Waals surface area contributed by atoms with E-state index in [1.54, 1.807) is 0 Å². The van der Waals surface area contributed by atoms with Gasteiger partial charge in [-0.1, -0.05) is 6.07 Å². The van der Waals surface area contributed by atoms with Crippen molar-refractivity contribution in [3.8, 4) is 17.9 Å². The fourth-order valence-corrected chi connectivity index (χ4v) is 1.03. The number of nitriles is 2. The van der Waals surface area contributed by atoms with Crippen LogP contribution in [0.2, 0.25) is 0 Å². The van der Waals surface area contributed by atoms with Crippen LogP contribution in [0.3, 0.4) is 0 Å². The topological polar surface area (TPSA) is 81.2 Å². The molecular formula is C11H6F4N4O. The van der Waals surface area contributed by atoms with E-state index in [4.69, 9.17) is 10.5 Å². The van der Waals surface area contributed by atoms with Crippen LogP contribution in [0.1, 0.15) is 0 Å². The fraction of sp³-hybridized carbons (Fsp3) is 0.182. The third kappa shape index (κ3) is 4.14. The number of hydrazone groups is 1. The van der Waals surface area contributed by atoms with E-state index in [2.05, 4.69) is 15.3 Å². The lowest BCUT2D eigenvalue weighted by atomic mass is 10.3. The van der Waals surface area contributed by atoms with Crippen molar-refractivity contribution in [2.75, 3.05) is 5.43 Å². The maximum atomic E-state index is 12.7. The molecule has 0 heterocycles. The lowest BCUT2D eigenvalue weighted by Crippen LogP contribution is -2.33. The molecule has 9 heteroatoms. The van der Waals surface area contributed by atoms with Crippen molar-refractivity contribution in [2.45, 2.75) is 12.5 Å². The lowest BCUT2D eigenvalue weighted by Gasteiger charge is -2.17. The highest BCUT2D eigenvalue weighted by Crippen LogP contribution is 2.28. The number of halogens is 4. The van der Waals surface area contributed by atoms with E-state index in [0.29, 0.717) is 0 Å². The van der Waals surface area contributed by atoms with Crippen LogP contribution in [0.25, 0.3) is 0 Å². The molecular weight excluding hydrogens is 280 g/mol. The quantitative estimate of drug-likeness (QED) is 0.512. The van der Waals surface area contributed by atoms with Gasteiger partial charge in [0.05, 0.1) is 5.69 Å². The Balaban J connectivity index is 2.85. The third-order valence-electron chi connectivity index (χ3n) is 1.85. The van der Waals surface area contributed by atoms with Crippen molar-refractivity contribution in [3.63, 3.8) is 0 Å². The number of nitrogens with zero attached hydrogens (tertiary/aromatic N) is 3. The Morgan fingerprint density at radius 3 is 2.50 bits per heavy atom. The molecule has 0 saturated carbocycles. The summed E-state index contributed by atoms with van der Waals surface area (Å²) in [7, 11) is 0. The number of benzene rings is 1. The van der Waals surface area contributed by atoms with Crippen LogP contribution in [0, 0.1) is 22.7 Å². The summed E-state index contributed by atoms with van der Waals surface area (Å²) in [4.78, 5) is 0. The summed E-state index contributed by atoms with van der Waals surface area (Å²) in [6.07, 6.45) is -8.59. The molecule has 0 bridgehead atoms.